The number of anilines is 2. The van der Waals surface area contributed by atoms with Crippen LogP contribution in [0, 0.1) is 13.8 Å². The Bertz CT molecular complexity index is 733. The smallest absolute Gasteiger partial charge is 0.321 e. The molecule has 3 rings (SSSR count). The summed E-state index contributed by atoms with van der Waals surface area (Å²) in [6.07, 6.45) is 0. The maximum atomic E-state index is 12.4. The van der Waals surface area contributed by atoms with Crippen LogP contribution in [0.4, 0.5) is 16.2 Å². The van der Waals surface area contributed by atoms with E-state index in [-0.39, 0.29) is 6.03 Å². The molecule has 0 aliphatic carbocycles. The molecule has 0 unspecified atom stereocenters. The molecule has 2 N–H and O–H groups in total. The Kier molecular flexibility index (Phi) is 4.87. The van der Waals surface area contributed by atoms with Crippen LogP contribution >= 0.6 is 23.2 Å². The summed E-state index contributed by atoms with van der Waals surface area (Å²) in [4.78, 5) is 16.4. The average molecular weight is 368 g/mol. The molecule has 2 amide bonds. The maximum absolute atomic E-state index is 12.4. The summed E-state index contributed by atoms with van der Waals surface area (Å²) >= 11 is 11.9. The number of hydrogen-bond donors (Lipinski definition) is 2. The number of halogens is 2. The van der Waals surface area contributed by atoms with E-state index in [1.54, 1.807) is 23.1 Å². The molecule has 1 saturated heterocycles. The van der Waals surface area contributed by atoms with Crippen LogP contribution in [0.1, 0.15) is 11.4 Å². The van der Waals surface area contributed by atoms with Gasteiger partial charge in [-0.05, 0) is 32.0 Å². The Morgan fingerprint density at radius 2 is 1.88 bits per heavy atom. The van der Waals surface area contributed by atoms with Gasteiger partial charge in [-0.1, -0.05) is 23.2 Å². The lowest BCUT2D eigenvalue weighted by Gasteiger charge is -2.36. The van der Waals surface area contributed by atoms with Gasteiger partial charge in [0.25, 0.3) is 0 Å². The minimum Gasteiger partial charge on any atom is -0.365 e. The third-order valence-corrected chi connectivity index (χ3v) is 4.88. The number of amides is 2. The van der Waals surface area contributed by atoms with Crippen LogP contribution in [0.25, 0.3) is 0 Å². The Morgan fingerprint density at radius 1 is 1.17 bits per heavy atom. The van der Waals surface area contributed by atoms with Crippen molar-refractivity contribution in [2.45, 2.75) is 13.8 Å². The third kappa shape index (κ3) is 3.44. The normalized spacial score (nSPS) is 14.8. The number of hydrogen-bond acceptors (Lipinski definition) is 3. The number of rotatable bonds is 2. The summed E-state index contributed by atoms with van der Waals surface area (Å²) < 4.78 is 0. The first-order valence-corrected chi connectivity index (χ1v) is 8.49. The van der Waals surface area contributed by atoms with Gasteiger partial charge in [-0.3, -0.25) is 5.10 Å². The number of H-pyrrole nitrogens is 1. The maximum Gasteiger partial charge on any atom is 0.321 e. The van der Waals surface area contributed by atoms with E-state index in [9.17, 15) is 4.79 Å². The number of nitrogens with zero attached hydrogens (tertiary/aromatic N) is 3. The fourth-order valence-electron chi connectivity index (χ4n) is 2.92. The predicted molar refractivity (Wildman–Crippen MR) is 97.3 cm³/mol. The minimum atomic E-state index is -0.131. The van der Waals surface area contributed by atoms with Crippen LogP contribution in [0.3, 0.4) is 0 Å². The zero-order valence-corrected chi connectivity index (χ0v) is 15.1. The highest BCUT2D eigenvalue weighted by molar-refractivity contribution is 6.42. The van der Waals surface area contributed by atoms with Crippen LogP contribution in [0.5, 0.6) is 0 Å². The number of aromatic nitrogens is 2. The van der Waals surface area contributed by atoms with E-state index in [4.69, 9.17) is 23.2 Å². The molecule has 1 aliphatic heterocycles. The van der Waals surface area contributed by atoms with Crippen molar-refractivity contribution >= 4 is 40.6 Å². The van der Waals surface area contributed by atoms with Crippen LogP contribution in [0.15, 0.2) is 18.2 Å². The van der Waals surface area contributed by atoms with E-state index in [1.165, 1.54) is 0 Å². The van der Waals surface area contributed by atoms with Gasteiger partial charge in [0, 0.05) is 31.9 Å². The third-order valence-electron chi connectivity index (χ3n) is 4.14. The molecular formula is C16H19Cl2N5O. The number of nitrogens with one attached hydrogen (secondary N) is 2. The summed E-state index contributed by atoms with van der Waals surface area (Å²) in [5.41, 5.74) is 3.82. The fraction of sp³-hybridized carbons (Fsp3) is 0.375. The van der Waals surface area contributed by atoms with Gasteiger partial charge in [0.15, 0.2) is 0 Å². The van der Waals surface area contributed by atoms with Crippen molar-refractivity contribution in [2.75, 3.05) is 36.4 Å². The molecule has 1 fully saturated rings. The molecule has 1 aromatic carbocycles. The number of aromatic amines is 1. The van der Waals surface area contributed by atoms with Gasteiger partial charge in [0.2, 0.25) is 0 Å². The van der Waals surface area contributed by atoms with Gasteiger partial charge in [-0.15, -0.1) is 0 Å². The summed E-state index contributed by atoms with van der Waals surface area (Å²) in [5.74, 6) is 0. The standard InChI is InChI=1S/C16H19Cl2N5O/c1-10-15(11(2)21-20-10)22-5-7-23(8-6-22)16(24)19-12-3-4-13(17)14(18)9-12/h3-4,9H,5-8H2,1-2H3,(H,19,24)(H,20,21). The molecule has 0 saturated carbocycles. The lowest BCUT2D eigenvalue weighted by Crippen LogP contribution is -2.50. The van der Waals surface area contributed by atoms with Crippen molar-refractivity contribution in [1.29, 1.82) is 0 Å². The summed E-state index contributed by atoms with van der Waals surface area (Å²) in [5, 5.41) is 11.0. The van der Waals surface area contributed by atoms with Crippen molar-refractivity contribution in [2.24, 2.45) is 0 Å². The average Bonchev–Trinajstić information content (AvgIpc) is 2.90. The van der Waals surface area contributed by atoms with Gasteiger partial charge >= 0.3 is 6.03 Å². The highest BCUT2D eigenvalue weighted by Crippen LogP contribution is 2.26. The number of carbonyl (C=O) groups is 1. The van der Waals surface area contributed by atoms with Crippen LogP contribution in [-0.4, -0.2) is 47.3 Å². The second-order valence-corrected chi connectivity index (χ2v) is 6.63. The van der Waals surface area contributed by atoms with E-state index in [2.05, 4.69) is 20.4 Å². The first-order chi connectivity index (χ1) is 11.5. The van der Waals surface area contributed by atoms with Gasteiger partial charge in [-0.2, -0.15) is 5.10 Å². The molecule has 24 heavy (non-hydrogen) atoms. The van der Waals surface area contributed by atoms with Crippen LogP contribution in [0.2, 0.25) is 10.0 Å². The molecule has 0 radical (unpaired) electrons. The molecule has 0 spiro atoms. The first-order valence-electron chi connectivity index (χ1n) is 7.73. The Morgan fingerprint density at radius 3 is 2.46 bits per heavy atom. The van der Waals surface area contributed by atoms with Crippen LogP contribution < -0.4 is 10.2 Å². The molecule has 0 atom stereocenters. The summed E-state index contributed by atoms with van der Waals surface area (Å²) in [7, 11) is 0. The minimum absolute atomic E-state index is 0.131. The number of benzene rings is 1. The van der Waals surface area contributed by atoms with E-state index in [0.717, 1.165) is 30.2 Å². The van der Waals surface area contributed by atoms with Crippen molar-refractivity contribution in [3.05, 3.63) is 39.6 Å². The Hall–Kier alpha value is -1.92. The molecule has 128 valence electrons. The molecule has 8 heteroatoms. The molecule has 6 nitrogen and oxygen atoms in total. The fourth-order valence-corrected chi connectivity index (χ4v) is 3.22. The highest BCUT2D eigenvalue weighted by atomic mass is 35.5. The largest absolute Gasteiger partial charge is 0.365 e. The quantitative estimate of drug-likeness (QED) is 0.850. The molecule has 2 heterocycles. The zero-order chi connectivity index (χ0) is 17.3. The lowest BCUT2D eigenvalue weighted by molar-refractivity contribution is 0.208. The SMILES string of the molecule is Cc1n[nH]c(C)c1N1CCN(C(=O)Nc2ccc(Cl)c(Cl)c2)CC1. The van der Waals surface area contributed by atoms with Crippen molar-refractivity contribution in [1.82, 2.24) is 15.1 Å². The lowest BCUT2D eigenvalue weighted by atomic mass is 10.2. The topological polar surface area (TPSA) is 64.3 Å². The molecule has 1 aliphatic rings. The Labute approximate surface area is 150 Å². The zero-order valence-electron chi connectivity index (χ0n) is 13.6. The molecule has 0 bridgehead atoms. The number of piperazine rings is 1. The second-order valence-electron chi connectivity index (χ2n) is 5.82. The van der Waals surface area contributed by atoms with Crippen LogP contribution in [-0.2, 0) is 0 Å². The first kappa shape index (κ1) is 16.9. The number of urea groups is 1. The van der Waals surface area contributed by atoms with Gasteiger partial charge in [0.1, 0.15) is 0 Å². The van der Waals surface area contributed by atoms with Crippen molar-refractivity contribution < 1.29 is 4.79 Å². The van der Waals surface area contributed by atoms with Gasteiger partial charge < -0.3 is 15.1 Å². The Balaban J connectivity index is 1.60. The van der Waals surface area contributed by atoms with Gasteiger partial charge in [-0.25, -0.2) is 4.79 Å². The van der Waals surface area contributed by atoms with Crippen molar-refractivity contribution in [3.8, 4) is 0 Å². The summed E-state index contributed by atoms with van der Waals surface area (Å²) in [6, 6.07) is 4.92. The summed E-state index contributed by atoms with van der Waals surface area (Å²) in [6.45, 7) is 6.85. The highest BCUT2D eigenvalue weighted by Gasteiger charge is 2.24. The number of carbonyl (C=O) groups excluding carboxylic acids is 1. The van der Waals surface area contributed by atoms with E-state index >= 15 is 0 Å². The van der Waals surface area contributed by atoms with E-state index in [0.29, 0.717) is 28.8 Å². The number of aryl methyl sites for hydroxylation is 2. The molecule has 2 aromatic rings. The van der Waals surface area contributed by atoms with E-state index in [1.807, 2.05) is 13.8 Å². The van der Waals surface area contributed by atoms with Gasteiger partial charge in [0.05, 0.1) is 27.1 Å². The predicted octanol–water partition coefficient (Wildman–Crippen LogP) is 3.69. The second kappa shape index (κ2) is 6.91. The molecular weight excluding hydrogens is 349 g/mol. The molecule has 1 aromatic heterocycles. The van der Waals surface area contributed by atoms with E-state index < -0.39 is 0 Å². The van der Waals surface area contributed by atoms with Crippen molar-refractivity contribution in [3.63, 3.8) is 0 Å². The monoisotopic (exact) mass is 367 g/mol.